The summed E-state index contributed by atoms with van der Waals surface area (Å²) >= 11 is 0. The molecule has 0 saturated carbocycles. The van der Waals surface area contributed by atoms with E-state index < -0.39 is 18.0 Å². The highest BCUT2D eigenvalue weighted by Gasteiger charge is 2.38. The van der Waals surface area contributed by atoms with Gasteiger partial charge in [-0.25, -0.2) is 4.79 Å². The monoisotopic (exact) mass is 420 g/mol. The molecule has 2 heterocycles. The van der Waals surface area contributed by atoms with E-state index in [1.807, 2.05) is 54.6 Å². The van der Waals surface area contributed by atoms with Crippen LogP contribution in [0.3, 0.4) is 0 Å². The fourth-order valence-electron chi connectivity index (χ4n) is 4.13. The Hall–Kier alpha value is -3.35. The molecule has 1 unspecified atom stereocenters. The van der Waals surface area contributed by atoms with Crippen LogP contribution in [0.15, 0.2) is 54.6 Å². The van der Waals surface area contributed by atoms with Gasteiger partial charge in [-0.2, -0.15) is 0 Å². The van der Waals surface area contributed by atoms with E-state index in [-0.39, 0.29) is 12.5 Å². The molecule has 2 aromatic rings. The molecule has 2 aromatic carbocycles. The first kappa shape index (κ1) is 20.9. The first-order chi connectivity index (χ1) is 15.1. The van der Waals surface area contributed by atoms with E-state index in [0.717, 1.165) is 29.2 Å². The number of imide groups is 1. The molecule has 4 rings (SSSR count). The van der Waals surface area contributed by atoms with Gasteiger partial charge in [0, 0.05) is 24.5 Å². The van der Waals surface area contributed by atoms with E-state index in [1.165, 1.54) is 19.3 Å². The Morgan fingerprint density at radius 2 is 1.68 bits per heavy atom. The van der Waals surface area contributed by atoms with Crippen molar-refractivity contribution < 1.29 is 14.4 Å². The number of urea groups is 1. The topological polar surface area (TPSA) is 81.8 Å². The van der Waals surface area contributed by atoms with Crippen molar-refractivity contribution in [2.75, 3.05) is 29.9 Å². The van der Waals surface area contributed by atoms with Gasteiger partial charge in [-0.3, -0.25) is 14.5 Å². The maximum atomic E-state index is 12.6. The van der Waals surface area contributed by atoms with Crippen molar-refractivity contribution in [1.29, 1.82) is 0 Å². The van der Waals surface area contributed by atoms with Crippen LogP contribution in [-0.2, 0) is 16.0 Å². The summed E-state index contributed by atoms with van der Waals surface area (Å²) < 4.78 is 0. The average Bonchev–Trinajstić information content (AvgIpc) is 3.07. The van der Waals surface area contributed by atoms with Crippen LogP contribution in [0.1, 0.15) is 31.2 Å². The van der Waals surface area contributed by atoms with Crippen LogP contribution >= 0.6 is 0 Å². The van der Waals surface area contributed by atoms with Crippen molar-refractivity contribution in [3.63, 3.8) is 0 Å². The lowest BCUT2D eigenvalue weighted by Gasteiger charge is -2.28. The molecule has 2 aliphatic rings. The minimum absolute atomic E-state index is 0.291. The summed E-state index contributed by atoms with van der Waals surface area (Å²) in [7, 11) is 0. The van der Waals surface area contributed by atoms with Crippen LogP contribution in [0.25, 0.3) is 0 Å². The summed E-state index contributed by atoms with van der Waals surface area (Å²) in [5, 5.41) is 5.47. The zero-order valence-corrected chi connectivity index (χ0v) is 17.5. The van der Waals surface area contributed by atoms with E-state index in [1.54, 1.807) is 0 Å². The number of benzene rings is 2. The van der Waals surface area contributed by atoms with Crippen LogP contribution < -0.4 is 15.5 Å². The lowest BCUT2D eigenvalue weighted by Crippen LogP contribution is -2.38. The van der Waals surface area contributed by atoms with Gasteiger partial charge in [0.25, 0.3) is 5.91 Å². The molecular formula is C24H28N4O3. The summed E-state index contributed by atoms with van der Waals surface area (Å²) in [5.41, 5.74) is 2.90. The van der Waals surface area contributed by atoms with Gasteiger partial charge in [-0.05, 0) is 61.9 Å². The summed E-state index contributed by atoms with van der Waals surface area (Å²) in [5.74, 6) is -0.741. The molecule has 162 valence electrons. The van der Waals surface area contributed by atoms with E-state index in [4.69, 9.17) is 0 Å². The number of nitrogens with zero attached hydrogens (tertiary/aromatic N) is 2. The highest BCUT2D eigenvalue weighted by molar-refractivity contribution is 6.07. The number of rotatable bonds is 7. The molecule has 0 spiro atoms. The highest BCUT2D eigenvalue weighted by Crippen LogP contribution is 2.22. The number of hydrogen-bond acceptors (Lipinski definition) is 4. The molecular weight excluding hydrogens is 392 g/mol. The molecule has 0 aliphatic carbocycles. The normalized spacial score (nSPS) is 18.8. The smallest absolute Gasteiger partial charge is 0.325 e. The predicted molar refractivity (Wildman–Crippen MR) is 120 cm³/mol. The molecule has 4 amide bonds. The molecule has 7 heteroatoms. The molecule has 7 nitrogen and oxygen atoms in total. The van der Waals surface area contributed by atoms with Gasteiger partial charge in [0.2, 0.25) is 5.91 Å². The quantitative estimate of drug-likeness (QED) is 0.674. The first-order valence-electron chi connectivity index (χ1n) is 10.9. The lowest BCUT2D eigenvalue weighted by atomic mass is 10.1. The number of piperidine rings is 1. The molecule has 2 fully saturated rings. The number of anilines is 2. The minimum Gasteiger partial charge on any atom is -0.372 e. The number of carbonyl (C=O) groups excluding carboxylic acids is 3. The zero-order chi connectivity index (χ0) is 21.6. The van der Waals surface area contributed by atoms with Gasteiger partial charge in [0.1, 0.15) is 12.6 Å². The molecule has 0 bridgehead atoms. The van der Waals surface area contributed by atoms with Crippen molar-refractivity contribution in [2.45, 2.75) is 38.1 Å². The fraction of sp³-hybridized carbons (Fsp3) is 0.375. The Labute approximate surface area is 182 Å². The lowest BCUT2D eigenvalue weighted by molar-refractivity contribution is -0.130. The number of carbonyl (C=O) groups is 3. The van der Waals surface area contributed by atoms with Gasteiger partial charge >= 0.3 is 6.03 Å². The third kappa shape index (κ3) is 5.23. The summed E-state index contributed by atoms with van der Waals surface area (Å²) in [6.07, 6.45) is 4.87. The number of amides is 4. The number of nitrogens with one attached hydrogen (secondary N) is 2. The summed E-state index contributed by atoms with van der Waals surface area (Å²) in [4.78, 5) is 40.6. The Morgan fingerprint density at radius 3 is 2.39 bits per heavy atom. The third-order valence-corrected chi connectivity index (χ3v) is 5.85. The van der Waals surface area contributed by atoms with Gasteiger partial charge in [-0.1, -0.05) is 30.3 Å². The van der Waals surface area contributed by atoms with Crippen molar-refractivity contribution in [1.82, 2.24) is 10.2 Å². The van der Waals surface area contributed by atoms with Crippen molar-refractivity contribution >= 4 is 29.2 Å². The van der Waals surface area contributed by atoms with Gasteiger partial charge in [-0.15, -0.1) is 0 Å². The second-order valence-corrected chi connectivity index (χ2v) is 8.09. The SMILES string of the molecule is O=C(CN1C(=O)NC(CCc2ccccc2)C1=O)Nc1ccc(N2CCCCC2)cc1. The first-order valence-corrected chi connectivity index (χ1v) is 10.9. The molecule has 2 N–H and O–H groups in total. The van der Waals surface area contributed by atoms with Crippen molar-refractivity contribution in [3.8, 4) is 0 Å². The minimum atomic E-state index is -0.593. The van der Waals surface area contributed by atoms with E-state index in [2.05, 4.69) is 15.5 Å². The summed E-state index contributed by atoms with van der Waals surface area (Å²) in [6.45, 7) is 1.83. The molecule has 2 saturated heterocycles. The highest BCUT2D eigenvalue weighted by atomic mass is 16.2. The van der Waals surface area contributed by atoms with Gasteiger partial charge in [0.15, 0.2) is 0 Å². The molecule has 31 heavy (non-hydrogen) atoms. The average molecular weight is 421 g/mol. The van der Waals surface area contributed by atoms with Gasteiger partial charge in [0.05, 0.1) is 0 Å². The van der Waals surface area contributed by atoms with Crippen LogP contribution in [0, 0.1) is 0 Å². The second kappa shape index (κ2) is 9.64. The molecule has 0 aromatic heterocycles. The van der Waals surface area contributed by atoms with Crippen molar-refractivity contribution in [2.24, 2.45) is 0 Å². The maximum Gasteiger partial charge on any atom is 0.325 e. The van der Waals surface area contributed by atoms with E-state index in [9.17, 15) is 14.4 Å². The Balaban J connectivity index is 1.28. The largest absolute Gasteiger partial charge is 0.372 e. The van der Waals surface area contributed by atoms with Crippen LogP contribution in [0.5, 0.6) is 0 Å². The summed E-state index contributed by atoms with van der Waals surface area (Å²) in [6, 6.07) is 16.4. The van der Waals surface area contributed by atoms with Crippen LogP contribution in [-0.4, -0.2) is 48.4 Å². The second-order valence-electron chi connectivity index (χ2n) is 8.09. The molecule has 2 aliphatic heterocycles. The van der Waals surface area contributed by atoms with E-state index in [0.29, 0.717) is 18.5 Å². The Morgan fingerprint density at radius 1 is 0.968 bits per heavy atom. The number of aryl methyl sites for hydroxylation is 1. The number of hydrogen-bond donors (Lipinski definition) is 2. The molecule has 1 atom stereocenters. The Kier molecular flexibility index (Phi) is 6.50. The van der Waals surface area contributed by atoms with Crippen LogP contribution in [0.2, 0.25) is 0 Å². The zero-order valence-electron chi connectivity index (χ0n) is 17.5. The standard InChI is InChI=1S/C24H28N4O3/c29-22(25-19-10-12-20(13-11-19)27-15-5-2-6-16-27)17-28-23(30)21(26-24(28)31)14-9-18-7-3-1-4-8-18/h1,3-4,7-8,10-13,21H,2,5-6,9,14-17H2,(H,25,29)(H,26,31). The van der Waals surface area contributed by atoms with E-state index >= 15 is 0 Å². The third-order valence-electron chi connectivity index (χ3n) is 5.85. The molecule has 0 radical (unpaired) electrons. The fourth-order valence-corrected chi connectivity index (χ4v) is 4.13. The predicted octanol–water partition coefficient (Wildman–Crippen LogP) is 3.17. The van der Waals surface area contributed by atoms with Gasteiger partial charge < -0.3 is 15.5 Å². The Bertz CT molecular complexity index is 924. The maximum absolute atomic E-state index is 12.6. The van der Waals surface area contributed by atoms with Crippen LogP contribution in [0.4, 0.5) is 16.2 Å². The van der Waals surface area contributed by atoms with Crippen molar-refractivity contribution in [3.05, 3.63) is 60.2 Å².